The number of hydrogen-bond acceptors (Lipinski definition) is 2. The second-order valence-corrected chi connectivity index (χ2v) is 4.20. The number of carbonyl (C=O) groups is 1. The molecule has 0 unspecified atom stereocenters. The second-order valence-electron chi connectivity index (χ2n) is 4.20. The van der Waals surface area contributed by atoms with Gasteiger partial charge in [-0.1, -0.05) is 18.2 Å². The first-order chi connectivity index (χ1) is 8.36. The second kappa shape index (κ2) is 4.09. The highest BCUT2D eigenvalue weighted by atomic mass is 16.3. The van der Waals surface area contributed by atoms with Crippen LogP contribution in [0.15, 0.2) is 47.3 Å². The van der Waals surface area contributed by atoms with Gasteiger partial charge < -0.3 is 9.32 Å². The first kappa shape index (κ1) is 10.1. The molecule has 1 aliphatic heterocycles. The van der Waals surface area contributed by atoms with Crippen molar-refractivity contribution in [3.63, 3.8) is 0 Å². The normalized spacial score (nSPS) is 14.5. The summed E-state index contributed by atoms with van der Waals surface area (Å²) >= 11 is 0. The summed E-state index contributed by atoms with van der Waals surface area (Å²) in [6.07, 6.45) is 5.09. The van der Waals surface area contributed by atoms with Crippen LogP contribution < -0.4 is 4.90 Å². The number of para-hydroxylation sites is 1. The van der Waals surface area contributed by atoms with Gasteiger partial charge in [0.25, 0.3) is 5.91 Å². The van der Waals surface area contributed by atoms with Crippen LogP contribution in [-0.2, 0) is 6.42 Å². The maximum atomic E-state index is 12.3. The highest BCUT2D eigenvalue weighted by Crippen LogP contribution is 2.27. The summed E-state index contributed by atoms with van der Waals surface area (Å²) < 4.78 is 4.97. The molecule has 0 bridgehead atoms. The summed E-state index contributed by atoms with van der Waals surface area (Å²) in [5.41, 5.74) is 2.89. The summed E-state index contributed by atoms with van der Waals surface area (Å²) in [5.74, 6) is 0.0194. The monoisotopic (exact) mass is 227 g/mol. The molecule has 0 N–H and O–H groups in total. The maximum Gasteiger partial charge on any atom is 0.261 e. The number of carbonyl (C=O) groups excluding carboxylic acids is 1. The predicted molar refractivity (Wildman–Crippen MR) is 65.1 cm³/mol. The molecule has 0 fully saturated rings. The standard InChI is InChI=1S/C14H13NO2/c16-14(12-7-9-17-10-12)15-8-3-5-11-4-1-2-6-13(11)15/h1-2,4,6-7,9-10H,3,5,8H2. The van der Waals surface area contributed by atoms with Gasteiger partial charge in [-0.25, -0.2) is 0 Å². The molecule has 3 heteroatoms. The van der Waals surface area contributed by atoms with Crippen molar-refractivity contribution in [2.45, 2.75) is 12.8 Å². The maximum absolute atomic E-state index is 12.3. The summed E-state index contributed by atoms with van der Waals surface area (Å²) in [5, 5.41) is 0. The lowest BCUT2D eigenvalue weighted by atomic mass is 10.0. The lowest BCUT2D eigenvalue weighted by molar-refractivity contribution is 0.0984. The van der Waals surface area contributed by atoms with E-state index < -0.39 is 0 Å². The molecule has 3 nitrogen and oxygen atoms in total. The van der Waals surface area contributed by atoms with Gasteiger partial charge in [0.1, 0.15) is 6.26 Å². The Morgan fingerprint density at radius 2 is 2.12 bits per heavy atom. The van der Waals surface area contributed by atoms with E-state index in [0.717, 1.165) is 25.1 Å². The lowest BCUT2D eigenvalue weighted by Crippen LogP contribution is -2.35. The SMILES string of the molecule is O=C(c1ccoc1)N1CCCc2ccccc21. The van der Waals surface area contributed by atoms with E-state index in [2.05, 4.69) is 6.07 Å². The van der Waals surface area contributed by atoms with E-state index in [1.54, 1.807) is 6.07 Å². The van der Waals surface area contributed by atoms with Crippen LogP contribution in [0, 0.1) is 0 Å². The van der Waals surface area contributed by atoms with E-state index in [1.807, 2.05) is 23.1 Å². The average Bonchev–Trinajstić information content (AvgIpc) is 2.91. The topological polar surface area (TPSA) is 33.5 Å². The molecule has 0 radical (unpaired) electrons. The van der Waals surface area contributed by atoms with Gasteiger partial charge in [0.2, 0.25) is 0 Å². The molecule has 0 atom stereocenters. The molecule has 2 heterocycles. The molecular weight excluding hydrogens is 214 g/mol. The number of furan rings is 1. The summed E-state index contributed by atoms with van der Waals surface area (Å²) in [6, 6.07) is 9.79. The molecule has 2 aromatic rings. The summed E-state index contributed by atoms with van der Waals surface area (Å²) in [4.78, 5) is 14.1. The van der Waals surface area contributed by atoms with Crippen LogP contribution in [0.2, 0.25) is 0 Å². The van der Waals surface area contributed by atoms with Crippen LogP contribution in [0.5, 0.6) is 0 Å². The molecule has 1 aromatic heterocycles. The van der Waals surface area contributed by atoms with Gasteiger partial charge >= 0.3 is 0 Å². The van der Waals surface area contributed by atoms with E-state index in [9.17, 15) is 4.79 Å². The fourth-order valence-electron chi connectivity index (χ4n) is 2.29. The number of hydrogen-bond donors (Lipinski definition) is 0. The highest BCUT2D eigenvalue weighted by Gasteiger charge is 2.23. The zero-order valence-electron chi connectivity index (χ0n) is 9.43. The quantitative estimate of drug-likeness (QED) is 0.750. The van der Waals surface area contributed by atoms with E-state index >= 15 is 0 Å². The molecule has 0 saturated carbocycles. The average molecular weight is 227 g/mol. The minimum atomic E-state index is 0.0194. The first-order valence-electron chi connectivity index (χ1n) is 5.78. The van der Waals surface area contributed by atoms with Gasteiger partial charge in [0.15, 0.2) is 0 Å². The first-order valence-corrected chi connectivity index (χ1v) is 5.78. The third-order valence-corrected chi connectivity index (χ3v) is 3.12. The number of amides is 1. The molecule has 86 valence electrons. The van der Waals surface area contributed by atoms with E-state index in [1.165, 1.54) is 18.1 Å². The van der Waals surface area contributed by atoms with Crippen molar-refractivity contribution in [1.29, 1.82) is 0 Å². The molecule has 1 aliphatic rings. The van der Waals surface area contributed by atoms with Gasteiger partial charge in [-0.15, -0.1) is 0 Å². The molecular formula is C14H13NO2. The van der Waals surface area contributed by atoms with Gasteiger partial charge in [0, 0.05) is 12.2 Å². The number of fused-ring (bicyclic) bond motifs is 1. The van der Waals surface area contributed by atoms with Crippen molar-refractivity contribution in [3.05, 3.63) is 54.0 Å². The van der Waals surface area contributed by atoms with Crippen molar-refractivity contribution in [3.8, 4) is 0 Å². The Balaban J connectivity index is 1.98. The number of rotatable bonds is 1. The van der Waals surface area contributed by atoms with Crippen molar-refractivity contribution in [1.82, 2.24) is 0 Å². The van der Waals surface area contributed by atoms with Gasteiger partial charge in [0.05, 0.1) is 11.8 Å². The van der Waals surface area contributed by atoms with Gasteiger partial charge in [-0.05, 0) is 30.5 Å². The van der Waals surface area contributed by atoms with Crippen LogP contribution >= 0.6 is 0 Å². The third kappa shape index (κ3) is 1.73. The van der Waals surface area contributed by atoms with Crippen molar-refractivity contribution < 1.29 is 9.21 Å². The molecule has 1 amide bonds. The zero-order valence-corrected chi connectivity index (χ0v) is 9.43. The fourth-order valence-corrected chi connectivity index (χ4v) is 2.29. The van der Waals surface area contributed by atoms with E-state index in [0.29, 0.717) is 5.56 Å². The number of benzene rings is 1. The van der Waals surface area contributed by atoms with Crippen molar-refractivity contribution in [2.75, 3.05) is 11.4 Å². The number of aryl methyl sites for hydroxylation is 1. The minimum Gasteiger partial charge on any atom is -0.472 e. The van der Waals surface area contributed by atoms with E-state index in [-0.39, 0.29) is 5.91 Å². The third-order valence-electron chi connectivity index (χ3n) is 3.12. The largest absolute Gasteiger partial charge is 0.472 e. The Morgan fingerprint density at radius 3 is 2.94 bits per heavy atom. The van der Waals surface area contributed by atoms with Crippen LogP contribution in [0.25, 0.3) is 0 Å². The van der Waals surface area contributed by atoms with Crippen LogP contribution in [0.1, 0.15) is 22.3 Å². The van der Waals surface area contributed by atoms with Gasteiger partial charge in [-0.2, -0.15) is 0 Å². The fraction of sp³-hybridized carbons (Fsp3) is 0.214. The summed E-state index contributed by atoms with van der Waals surface area (Å²) in [7, 11) is 0. The Bertz CT molecular complexity index is 531. The Kier molecular flexibility index (Phi) is 2.44. The summed E-state index contributed by atoms with van der Waals surface area (Å²) in [6.45, 7) is 0.779. The molecule has 0 aliphatic carbocycles. The van der Waals surface area contributed by atoms with Crippen LogP contribution in [0.4, 0.5) is 5.69 Å². The number of anilines is 1. The highest BCUT2D eigenvalue weighted by molar-refractivity contribution is 6.06. The van der Waals surface area contributed by atoms with Gasteiger partial charge in [-0.3, -0.25) is 4.79 Å². The van der Waals surface area contributed by atoms with Crippen molar-refractivity contribution in [2.24, 2.45) is 0 Å². The Morgan fingerprint density at radius 1 is 1.24 bits per heavy atom. The van der Waals surface area contributed by atoms with Crippen LogP contribution in [0.3, 0.4) is 0 Å². The van der Waals surface area contributed by atoms with E-state index in [4.69, 9.17) is 4.42 Å². The molecule has 0 saturated heterocycles. The molecule has 0 spiro atoms. The minimum absolute atomic E-state index is 0.0194. The molecule has 3 rings (SSSR count). The predicted octanol–water partition coefficient (Wildman–Crippen LogP) is 2.87. The zero-order chi connectivity index (χ0) is 11.7. The smallest absolute Gasteiger partial charge is 0.261 e. The van der Waals surface area contributed by atoms with Crippen LogP contribution in [-0.4, -0.2) is 12.5 Å². The molecule has 17 heavy (non-hydrogen) atoms. The Hall–Kier alpha value is -2.03. The molecule has 1 aromatic carbocycles. The number of nitrogens with zero attached hydrogens (tertiary/aromatic N) is 1. The Labute approximate surface area is 99.7 Å². The lowest BCUT2D eigenvalue weighted by Gasteiger charge is -2.29. The van der Waals surface area contributed by atoms with Crippen molar-refractivity contribution >= 4 is 11.6 Å².